The Morgan fingerprint density at radius 2 is 1.00 bits per heavy atom. The Bertz CT molecular complexity index is 456. The van der Waals surface area contributed by atoms with Crippen LogP contribution in [0.1, 0.15) is 0 Å². The second-order valence-corrected chi connectivity index (χ2v) is 6.63. The SMILES string of the molecule is O=P(O)(O)O[C@H]1[C@H](O)[C@@H](OP(=O)(O)O)[C@H](OO)[C@@H](OO)[C@H]1O. The highest BCUT2D eigenvalue weighted by Gasteiger charge is 2.56. The fourth-order valence-corrected chi connectivity index (χ4v) is 3.09. The summed E-state index contributed by atoms with van der Waals surface area (Å²) in [5.41, 5.74) is 0. The molecule has 6 atom stereocenters. The fraction of sp³-hybridized carbons (Fsp3) is 1.00. The number of hydrogen-bond donors (Lipinski definition) is 8. The minimum atomic E-state index is -5.28. The van der Waals surface area contributed by atoms with Crippen LogP contribution in [0.2, 0.25) is 0 Å². The summed E-state index contributed by atoms with van der Waals surface area (Å²) in [4.78, 5) is 42.3. The van der Waals surface area contributed by atoms with Gasteiger partial charge in [-0.25, -0.2) is 18.9 Å². The highest BCUT2D eigenvalue weighted by atomic mass is 31.2. The second kappa shape index (κ2) is 7.25. The molecule has 1 rings (SSSR count). The predicted molar refractivity (Wildman–Crippen MR) is 60.9 cm³/mol. The van der Waals surface area contributed by atoms with Crippen molar-refractivity contribution in [2.24, 2.45) is 0 Å². The summed E-state index contributed by atoms with van der Waals surface area (Å²) in [5, 5.41) is 36.9. The molecule has 1 fully saturated rings. The van der Waals surface area contributed by atoms with Gasteiger partial charge in [-0.05, 0) is 0 Å². The summed E-state index contributed by atoms with van der Waals surface area (Å²) in [6.07, 6.45) is -12.9. The monoisotopic (exact) mass is 372 g/mol. The van der Waals surface area contributed by atoms with E-state index in [1.54, 1.807) is 0 Å². The van der Waals surface area contributed by atoms with Crippen LogP contribution in [-0.4, -0.2) is 76.9 Å². The lowest BCUT2D eigenvalue weighted by Crippen LogP contribution is -2.65. The smallest absolute Gasteiger partial charge is 0.387 e. The van der Waals surface area contributed by atoms with Crippen LogP contribution in [0.3, 0.4) is 0 Å². The van der Waals surface area contributed by atoms with E-state index < -0.39 is 52.3 Å². The van der Waals surface area contributed by atoms with Gasteiger partial charge in [-0.15, -0.1) is 0 Å². The van der Waals surface area contributed by atoms with Crippen LogP contribution in [0.4, 0.5) is 0 Å². The first-order chi connectivity index (χ1) is 9.91. The number of phosphoric ester groups is 2. The molecule has 0 aromatic carbocycles. The summed E-state index contributed by atoms with van der Waals surface area (Å²) in [5.74, 6) is 0. The maximum atomic E-state index is 10.8. The Morgan fingerprint density at radius 1 is 0.636 bits per heavy atom. The minimum absolute atomic E-state index is 2.03. The van der Waals surface area contributed by atoms with E-state index >= 15 is 0 Å². The average Bonchev–Trinajstić information content (AvgIpc) is 2.35. The quantitative estimate of drug-likeness (QED) is 0.136. The van der Waals surface area contributed by atoms with Gasteiger partial charge in [0.25, 0.3) is 0 Å². The van der Waals surface area contributed by atoms with Crippen LogP contribution in [0.25, 0.3) is 0 Å². The van der Waals surface area contributed by atoms with Crippen LogP contribution in [-0.2, 0) is 28.0 Å². The van der Waals surface area contributed by atoms with Crippen molar-refractivity contribution in [2.45, 2.75) is 36.6 Å². The minimum Gasteiger partial charge on any atom is -0.387 e. The first-order valence-electron chi connectivity index (χ1n) is 5.35. The van der Waals surface area contributed by atoms with Gasteiger partial charge >= 0.3 is 15.6 Å². The fourth-order valence-electron chi connectivity index (χ4n) is 1.96. The molecule has 132 valence electrons. The van der Waals surface area contributed by atoms with E-state index in [1.165, 1.54) is 0 Å². The van der Waals surface area contributed by atoms with Gasteiger partial charge in [0, 0.05) is 0 Å². The van der Waals surface area contributed by atoms with E-state index in [4.69, 9.17) is 30.1 Å². The zero-order chi connectivity index (χ0) is 17.3. The van der Waals surface area contributed by atoms with E-state index in [1.807, 2.05) is 0 Å². The van der Waals surface area contributed by atoms with Crippen molar-refractivity contribution in [3.63, 3.8) is 0 Å². The molecule has 0 aromatic heterocycles. The zero-order valence-corrected chi connectivity index (χ0v) is 12.2. The summed E-state index contributed by atoms with van der Waals surface area (Å²) in [7, 11) is -10.5. The van der Waals surface area contributed by atoms with Crippen molar-refractivity contribution in [1.82, 2.24) is 0 Å². The van der Waals surface area contributed by atoms with E-state index in [2.05, 4.69) is 18.8 Å². The van der Waals surface area contributed by atoms with Gasteiger partial charge in [0.05, 0.1) is 0 Å². The lowest BCUT2D eigenvalue weighted by atomic mass is 9.85. The number of aliphatic hydroxyl groups is 2. The molecule has 0 unspecified atom stereocenters. The van der Waals surface area contributed by atoms with Crippen molar-refractivity contribution in [3.8, 4) is 0 Å². The van der Waals surface area contributed by atoms with Crippen molar-refractivity contribution in [1.29, 1.82) is 0 Å². The third-order valence-corrected chi connectivity index (χ3v) is 3.79. The lowest BCUT2D eigenvalue weighted by molar-refractivity contribution is -0.398. The summed E-state index contributed by atoms with van der Waals surface area (Å²) < 4.78 is 29.8. The lowest BCUT2D eigenvalue weighted by Gasteiger charge is -2.43. The van der Waals surface area contributed by atoms with Gasteiger partial charge in [0.1, 0.15) is 24.4 Å². The van der Waals surface area contributed by atoms with Crippen LogP contribution >= 0.6 is 15.6 Å². The standard InChI is InChI=1S/C6H14O14P2/c7-1-3(19-21(11,12)13)2(8)5(20-22(14,15)16)6(18-10)4(1)17-9/h1-10H,(H2,11,12,13)(H2,14,15,16)/t1-,2-,3+,4-,5+,6+/m0/s1. The number of aliphatic hydroxyl groups excluding tert-OH is 2. The number of phosphoric acid groups is 2. The van der Waals surface area contributed by atoms with Crippen LogP contribution < -0.4 is 0 Å². The van der Waals surface area contributed by atoms with Crippen LogP contribution in [0.5, 0.6) is 0 Å². The first-order valence-corrected chi connectivity index (χ1v) is 8.42. The molecule has 0 aliphatic heterocycles. The summed E-state index contributed by atoms with van der Waals surface area (Å²) in [6.45, 7) is 0. The molecule has 16 heteroatoms. The van der Waals surface area contributed by atoms with Gasteiger partial charge in [-0.3, -0.25) is 19.6 Å². The second-order valence-electron chi connectivity index (χ2n) is 4.24. The van der Waals surface area contributed by atoms with Crippen molar-refractivity contribution in [3.05, 3.63) is 0 Å². The normalized spacial score (nSPS) is 37.3. The Hall–Kier alpha value is -0.0200. The maximum Gasteiger partial charge on any atom is 0.470 e. The molecule has 1 aliphatic rings. The van der Waals surface area contributed by atoms with Gasteiger partial charge in [-0.2, -0.15) is 0 Å². The maximum absolute atomic E-state index is 10.8. The zero-order valence-electron chi connectivity index (χ0n) is 10.4. The molecular weight excluding hydrogens is 358 g/mol. The Balaban J connectivity index is 3.16. The summed E-state index contributed by atoms with van der Waals surface area (Å²) >= 11 is 0. The van der Waals surface area contributed by atoms with Crippen LogP contribution in [0.15, 0.2) is 0 Å². The first kappa shape index (κ1) is 20.0. The van der Waals surface area contributed by atoms with Crippen molar-refractivity contribution in [2.75, 3.05) is 0 Å². The summed E-state index contributed by atoms with van der Waals surface area (Å²) in [6, 6.07) is 0. The molecule has 22 heavy (non-hydrogen) atoms. The highest BCUT2D eigenvalue weighted by molar-refractivity contribution is 7.46. The third kappa shape index (κ3) is 4.99. The molecule has 0 heterocycles. The van der Waals surface area contributed by atoms with E-state index in [0.717, 1.165) is 0 Å². The molecule has 8 N–H and O–H groups in total. The van der Waals surface area contributed by atoms with Crippen LogP contribution in [0, 0.1) is 0 Å². The molecule has 1 aliphatic carbocycles. The topological polar surface area (TPSA) is 233 Å². The molecule has 0 aromatic rings. The molecule has 0 radical (unpaired) electrons. The van der Waals surface area contributed by atoms with Gasteiger partial charge < -0.3 is 29.8 Å². The van der Waals surface area contributed by atoms with Gasteiger partial charge in [0.15, 0.2) is 12.2 Å². The van der Waals surface area contributed by atoms with E-state index in [9.17, 15) is 19.3 Å². The highest BCUT2D eigenvalue weighted by Crippen LogP contribution is 2.46. The number of hydrogen-bond acceptors (Lipinski definition) is 10. The van der Waals surface area contributed by atoms with Crippen molar-refractivity contribution < 1.29 is 68.3 Å². The predicted octanol–water partition coefficient (Wildman–Crippen LogP) is -2.61. The van der Waals surface area contributed by atoms with E-state index in [0.29, 0.717) is 0 Å². The van der Waals surface area contributed by atoms with Crippen molar-refractivity contribution >= 4 is 15.6 Å². The molecular formula is C6H14O14P2. The Labute approximate surface area is 121 Å². The molecule has 14 nitrogen and oxygen atoms in total. The van der Waals surface area contributed by atoms with Gasteiger partial charge in [0.2, 0.25) is 0 Å². The molecule has 0 spiro atoms. The number of rotatable bonds is 6. The third-order valence-electron chi connectivity index (χ3n) is 2.76. The molecule has 0 amide bonds. The molecule has 0 saturated heterocycles. The van der Waals surface area contributed by atoms with Gasteiger partial charge in [-0.1, -0.05) is 0 Å². The Morgan fingerprint density at radius 3 is 1.36 bits per heavy atom. The molecule has 1 saturated carbocycles. The molecule has 0 bridgehead atoms. The average molecular weight is 372 g/mol. The largest absolute Gasteiger partial charge is 0.470 e. The Kier molecular flexibility index (Phi) is 6.60. The van der Waals surface area contributed by atoms with E-state index in [-0.39, 0.29) is 0 Å².